The third-order valence-corrected chi connectivity index (χ3v) is 7.02. The van der Waals surface area contributed by atoms with Crippen LogP contribution in [-0.4, -0.2) is 32.1 Å². The molecular formula is C24H24ClN5O2S. The van der Waals surface area contributed by atoms with Gasteiger partial charge in [-0.05, 0) is 61.4 Å². The zero-order valence-corrected chi connectivity index (χ0v) is 19.8. The van der Waals surface area contributed by atoms with E-state index < -0.39 is 0 Å². The van der Waals surface area contributed by atoms with Crippen LogP contribution in [0.2, 0.25) is 5.02 Å². The number of ether oxygens (including phenoxy) is 1. The molecule has 2 aromatic carbocycles. The summed E-state index contributed by atoms with van der Waals surface area (Å²) in [4.78, 5) is 0. The van der Waals surface area contributed by atoms with Gasteiger partial charge in [0, 0.05) is 22.2 Å². The van der Waals surface area contributed by atoms with Crippen LogP contribution in [0.5, 0.6) is 5.75 Å². The van der Waals surface area contributed by atoms with Crippen molar-refractivity contribution in [1.29, 1.82) is 0 Å². The Morgan fingerprint density at radius 2 is 1.67 bits per heavy atom. The third-order valence-electron chi connectivity index (χ3n) is 5.84. The molecule has 0 N–H and O–H groups in total. The Kier molecular flexibility index (Phi) is 6.64. The number of thioether (sulfide) groups is 1. The van der Waals surface area contributed by atoms with Gasteiger partial charge in [-0.3, -0.25) is 4.57 Å². The normalized spacial score (nSPS) is 14.5. The number of benzene rings is 2. The van der Waals surface area contributed by atoms with Crippen molar-refractivity contribution in [1.82, 2.24) is 25.0 Å². The highest BCUT2D eigenvalue weighted by Gasteiger charge is 2.24. The molecule has 0 atom stereocenters. The number of nitrogens with zero attached hydrogens (tertiary/aromatic N) is 5. The van der Waals surface area contributed by atoms with E-state index in [1.165, 1.54) is 19.3 Å². The number of methoxy groups -OCH3 is 1. The van der Waals surface area contributed by atoms with Crippen LogP contribution in [0, 0.1) is 0 Å². The quantitative estimate of drug-likeness (QED) is 0.280. The van der Waals surface area contributed by atoms with Gasteiger partial charge in [-0.15, -0.1) is 20.4 Å². The van der Waals surface area contributed by atoms with Crippen molar-refractivity contribution < 1.29 is 9.15 Å². The average Bonchev–Trinajstić information content (AvgIpc) is 3.51. The fourth-order valence-corrected chi connectivity index (χ4v) is 5.10. The molecule has 33 heavy (non-hydrogen) atoms. The second-order valence-corrected chi connectivity index (χ2v) is 9.37. The Bertz CT molecular complexity index is 1200. The van der Waals surface area contributed by atoms with Gasteiger partial charge in [0.25, 0.3) is 0 Å². The van der Waals surface area contributed by atoms with E-state index in [0.717, 1.165) is 40.7 Å². The summed E-state index contributed by atoms with van der Waals surface area (Å²) in [7, 11) is 1.67. The molecule has 1 saturated carbocycles. The van der Waals surface area contributed by atoms with Crippen LogP contribution in [0.25, 0.3) is 22.8 Å². The van der Waals surface area contributed by atoms with E-state index in [2.05, 4.69) is 25.0 Å². The standard InChI is InChI=1S/C24H24ClN5O2S/c1-31-20-13-9-16(10-14-20)22-27-29-24(30(22)19-5-3-2-4-6-19)33-15-21-26-28-23(32-21)17-7-11-18(25)12-8-17/h7-14,19H,2-6,15H2,1H3. The van der Waals surface area contributed by atoms with E-state index in [0.29, 0.717) is 28.6 Å². The minimum Gasteiger partial charge on any atom is -0.497 e. The summed E-state index contributed by atoms with van der Waals surface area (Å²) in [5.74, 6) is 3.27. The lowest BCUT2D eigenvalue weighted by Gasteiger charge is -2.25. The summed E-state index contributed by atoms with van der Waals surface area (Å²) in [6, 6.07) is 15.7. The molecule has 1 aliphatic rings. The van der Waals surface area contributed by atoms with Gasteiger partial charge in [0.05, 0.1) is 12.9 Å². The molecule has 5 rings (SSSR count). The van der Waals surface area contributed by atoms with Crippen molar-refractivity contribution in [3.8, 4) is 28.6 Å². The number of halogens is 1. The highest BCUT2D eigenvalue weighted by atomic mass is 35.5. The Hall–Kier alpha value is -2.84. The molecule has 170 valence electrons. The minimum absolute atomic E-state index is 0.390. The van der Waals surface area contributed by atoms with E-state index >= 15 is 0 Å². The molecule has 0 bridgehead atoms. The van der Waals surface area contributed by atoms with Gasteiger partial charge in [0.15, 0.2) is 11.0 Å². The first kappa shape index (κ1) is 22.0. The summed E-state index contributed by atoms with van der Waals surface area (Å²) in [6.45, 7) is 0. The highest BCUT2D eigenvalue weighted by Crippen LogP contribution is 2.36. The van der Waals surface area contributed by atoms with Crippen molar-refractivity contribution in [2.45, 2.75) is 49.1 Å². The summed E-state index contributed by atoms with van der Waals surface area (Å²) in [6.07, 6.45) is 6.01. The van der Waals surface area contributed by atoms with Gasteiger partial charge in [0.1, 0.15) is 5.75 Å². The van der Waals surface area contributed by atoms with Gasteiger partial charge < -0.3 is 9.15 Å². The molecule has 0 saturated heterocycles. The lowest BCUT2D eigenvalue weighted by Crippen LogP contribution is -2.15. The van der Waals surface area contributed by atoms with Crippen molar-refractivity contribution in [3.05, 3.63) is 59.4 Å². The molecule has 0 unspecified atom stereocenters. The lowest BCUT2D eigenvalue weighted by atomic mass is 9.95. The van der Waals surface area contributed by atoms with E-state index in [-0.39, 0.29) is 0 Å². The fourth-order valence-electron chi connectivity index (χ4n) is 4.13. The van der Waals surface area contributed by atoms with Gasteiger partial charge in [-0.2, -0.15) is 0 Å². The number of aromatic nitrogens is 5. The average molecular weight is 482 g/mol. The smallest absolute Gasteiger partial charge is 0.247 e. The molecule has 0 amide bonds. The molecular weight excluding hydrogens is 458 g/mol. The lowest BCUT2D eigenvalue weighted by molar-refractivity contribution is 0.339. The van der Waals surface area contributed by atoms with Crippen molar-refractivity contribution >= 4 is 23.4 Å². The Labute approximate surface area is 201 Å². The summed E-state index contributed by atoms with van der Waals surface area (Å²) in [5, 5.41) is 19.0. The second-order valence-electron chi connectivity index (χ2n) is 7.99. The van der Waals surface area contributed by atoms with Crippen LogP contribution < -0.4 is 4.74 Å². The van der Waals surface area contributed by atoms with E-state index in [4.69, 9.17) is 20.8 Å². The SMILES string of the molecule is COc1ccc(-c2nnc(SCc3nnc(-c4ccc(Cl)cc4)o3)n2C2CCCCC2)cc1. The maximum absolute atomic E-state index is 5.97. The minimum atomic E-state index is 0.390. The number of hydrogen-bond acceptors (Lipinski definition) is 7. The van der Waals surface area contributed by atoms with Gasteiger partial charge in [0.2, 0.25) is 11.8 Å². The van der Waals surface area contributed by atoms with Gasteiger partial charge in [-0.1, -0.05) is 42.6 Å². The first-order valence-electron chi connectivity index (χ1n) is 11.0. The third kappa shape index (κ3) is 4.91. The molecule has 1 aliphatic carbocycles. The zero-order valence-electron chi connectivity index (χ0n) is 18.3. The van der Waals surface area contributed by atoms with Crippen LogP contribution in [0.4, 0.5) is 0 Å². The Balaban J connectivity index is 1.38. The monoisotopic (exact) mass is 481 g/mol. The van der Waals surface area contributed by atoms with Crippen LogP contribution in [0.15, 0.2) is 58.1 Å². The topological polar surface area (TPSA) is 78.9 Å². The largest absolute Gasteiger partial charge is 0.497 e. The fraction of sp³-hybridized carbons (Fsp3) is 0.333. The predicted octanol–water partition coefficient (Wildman–Crippen LogP) is 6.45. The predicted molar refractivity (Wildman–Crippen MR) is 128 cm³/mol. The van der Waals surface area contributed by atoms with Crippen molar-refractivity contribution in [2.75, 3.05) is 7.11 Å². The second kappa shape index (κ2) is 9.97. The maximum Gasteiger partial charge on any atom is 0.247 e. The molecule has 7 nitrogen and oxygen atoms in total. The Morgan fingerprint density at radius 1 is 0.939 bits per heavy atom. The molecule has 2 heterocycles. The van der Waals surface area contributed by atoms with Crippen LogP contribution in [-0.2, 0) is 5.75 Å². The van der Waals surface area contributed by atoms with Crippen LogP contribution >= 0.6 is 23.4 Å². The van der Waals surface area contributed by atoms with E-state index in [1.807, 2.05) is 48.5 Å². The van der Waals surface area contributed by atoms with E-state index in [9.17, 15) is 0 Å². The number of rotatable bonds is 7. The van der Waals surface area contributed by atoms with Crippen molar-refractivity contribution in [2.24, 2.45) is 0 Å². The Morgan fingerprint density at radius 3 is 2.39 bits per heavy atom. The molecule has 0 radical (unpaired) electrons. The molecule has 0 aliphatic heterocycles. The maximum atomic E-state index is 5.97. The zero-order chi connectivity index (χ0) is 22.6. The van der Waals surface area contributed by atoms with Crippen molar-refractivity contribution in [3.63, 3.8) is 0 Å². The molecule has 2 aromatic heterocycles. The summed E-state index contributed by atoms with van der Waals surface area (Å²) in [5.41, 5.74) is 1.87. The van der Waals surface area contributed by atoms with Gasteiger partial charge in [-0.25, -0.2) is 0 Å². The van der Waals surface area contributed by atoms with Crippen LogP contribution in [0.1, 0.15) is 44.0 Å². The van der Waals surface area contributed by atoms with Gasteiger partial charge >= 0.3 is 0 Å². The highest BCUT2D eigenvalue weighted by molar-refractivity contribution is 7.98. The number of hydrogen-bond donors (Lipinski definition) is 0. The first-order valence-corrected chi connectivity index (χ1v) is 12.4. The molecule has 9 heteroatoms. The molecule has 1 fully saturated rings. The molecule has 0 spiro atoms. The van der Waals surface area contributed by atoms with E-state index in [1.54, 1.807) is 18.9 Å². The molecule has 4 aromatic rings. The first-order chi connectivity index (χ1) is 16.2. The summed E-state index contributed by atoms with van der Waals surface area (Å²) >= 11 is 7.55. The summed E-state index contributed by atoms with van der Waals surface area (Å²) < 4.78 is 13.5. The van der Waals surface area contributed by atoms with Crippen LogP contribution in [0.3, 0.4) is 0 Å².